The first-order valence-corrected chi connectivity index (χ1v) is 6.92. The Labute approximate surface area is 117 Å². The quantitative estimate of drug-likeness (QED) is 0.902. The highest BCUT2D eigenvalue weighted by molar-refractivity contribution is 5.79. The number of halogens is 2. The first kappa shape index (κ1) is 14.9. The van der Waals surface area contributed by atoms with Gasteiger partial charge in [0.05, 0.1) is 0 Å². The molecule has 5 heteroatoms. The van der Waals surface area contributed by atoms with Gasteiger partial charge < -0.3 is 5.11 Å². The minimum atomic E-state index is -0.937. The number of rotatable bonds is 5. The fourth-order valence-electron chi connectivity index (χ4n) is 3.09. The van der Waals surface area contributed by atoms with Crippen LogP contribution in [0.2, 0.25) is 0 Å². The molecule has 0 bridgehead atoms. The zero-order valence-corrected chi connectivity index (χ0v) is 11.5. The maximum absolute atomic E-state index is 13.7. The summed E-state index contributed by atoms with van der Waals surface area (Å²) in [5.74, 6) is -2.64. The van der Waals surface area contributed by atoms with Crippen molar-refractivity contribution in [2.75, 3.05) is 6.54 Å². The molecule has 1 aliphatic rings. The van der Waals surface area contributed by atoms with Crippen LogP contribution in [0.3, 0.4) is 0 Å². The molecule has 1 saturated heterocycles. The van der Waals surface area contributed by atoms with Crippen LogP contribution in [-0.2, 0) is 11.3 Å². The summed E-state index contributed by atoms with van der Waals surface area (Å²) in [6, 6.07) is 4.03. The molecule has 2 rings (SSSR count). The van der Waals surface area contributed by atoms with Crippen LogP contribution in [0, 0.1) is 11.6 Å². The monoisotopic (exact) mass is 283 g/mol. The minimum Gasteiger partial charge on any atom is -0.480 e. The Morgan fingerprint density at radius 2 is 2.20 bits per heavy atom. The van der Waals surface area contributed by atoms with Gasteiger partial charge in [0.1, 0.15) is 5.54 Å². The molecular formula is C15H19F2NO2. The topological polar surface area (TPSA) is 40.5 Å². The molecule has 1 aliphatic heterocycles. The molecule has 1 aromatic carbocycles. The number of hydrogen-bond acceptors (Lipinski definition) is 2. The Kier molecular flexibility index (Phi) is 4.38. The van der Waals surface area contributed by atoms with Gasteiger partial charge in [-0.25, -0.2) is 8.78 Å². The molecule has 20 heavy (non-hydrogen) atoms. The maximum Gasteiger partial charge on any atom is 0.324 e. The van der Waals surface area contributed by atoms with E-state index in [9.17, 15) is 18.7 Å². The number of nitrogens with zero attached hydrogens (tertiary/aromatic N) is 1. The van der Waals surface area contributed by atoms with Gasteiger partial charge in [-0.3, -0.25) is 9.69 Å². The molecule has 0 radical (unpaired) electrons. The van der Waals surface area contributed by atoms with Crippen LogP contribution in [0.15, 0.2) is 18.2 Å². The van der Waals surface area contributed by atoms with E-state index in [0.29, 0.717) is 19.4 Å². The van der Waals surface area contributed by atoms with E-state index in [4.69, 9.17) is 0 Å². The highest BCUT2D eigenvalue weighted by Gasteiger charge is 2.46. The van der Waals surface area contributed by atoms with Crippen LogP contribution >= 0.6 is 0 Å². The summed E-state index contributed by atoms with van der Waals surface area (Å²) in [5.41, 5.74) is -0.721. The standard InChI is InChI=1S/C15H19F2NO2/c1-2-7-15(14(19)20)8-4-9-18(15)10-11-5-3-6-12(16)13(11)17/h3,5-6H,2,4,7-10H2,1H3,(H,19,20). The second-order valence-corrected chi connectivity index (χ2v) is 5.32. The van der Waals surface area contributed by atoms with E-state index in [0.717, 1.165) is 18.9 Å². The molecule has 1 N–H and O–H groups in total. The fraction of sp³-hybridized carbons (Fsp3) is 0.533. The molecule has 3 nitrogen and oxygen atoms in total. The Morgan fingerprint density at radius 1 is 1.45 bits per heavy atom. The summed E-state index contributed by atoms with van der Waals surface area (Å²) in [6.45, 7) is 2.67. The summed E-state index contributed by atoms with van der Waals surface area (Å²) in [7, 11) is 0. The van der Waals surface area contributed by atoms with Crippen molar-refractivity contribution in [2.45, 2.75) is 44.7 Å². The number of benzene rings is 1. The Balaban J connectivity index is 2.27. The van der Waals surface area contributed by atoms with Crippen molar-refractivity contribution < 1.29 is 18.7 Å². The Morgan fingerprint density at radius 3 is 2.85 bits per heavy atom. The van der Waals surface area contributed by atoms with Crippen LogP contribution in [0.5, 0.6) is 0 Å². The third kappa shape index (κ3) is 2.54. The number of hydrogen-bond donors (Lipinski definition) is 1. The number of aliphatic carboxylic acids is 1. The molecule has 0 aliphatic carbocycles. The van der Waals surface area contributed by atoms with Gasteiger partial charge in [-0.15, -0.1) is 0 Å². The molecule has 110 valence electrons. The van der Waals surface area contributed by atoms with Crippen LogP contribution in [-0.4, -0.2) is 28.1 Å². The minimum absolute atomic E-state index is 0.135. The normalized spacial score (nSPS) is 23.1. The molecule has 1 aromatic rings. The van der Waals surface area contributed by atoms with Gasteiger partial charge >= 0.3 is 5.97 Å². The van der Waals surface area contributed by atoms with E-state index in [1.807, 2.05) is 6.92 Å². The van der Waals surface area contributed by atoms with E-state index in [2.05, 4.69) is 0 Å². The lowest BCUT2D eigenvalue weighted by Crippen LogP contribution is -2.50. The largest absolute Gasteiger partial charge is 0.480 e. The van der Waals surface area contributed by atoms with Crippen molar-refractivity contribution in [2.24, 2.45) is 0 Å². The summed E-state index contributed by atoms with van der Waals surface area (Å²) >= 11 is 0. The molecule has 1 unspecified atom stereocenters. The van der Waals surface area contributed by atoms with Crippen molar-refractivity contribution in [3.05, 3.63) is 35.4 Å². The third-order valence-electron chi connectivity index (χ3n) is 4.08. The summed E-state index contributed by atoms with van der Waals surface area (Å²) in [6.07, 6.45) is 2.60. The zero-order valence-electron chi connectivity index (χ0n) is 11.5. The van der Waals surface area contributed by atoms with Crippen molar-refractivity contribution in [1.82, 2.24) is 4.90 Å². The zero-order chi connectivity index (χ0) is 14.8. The molecule has 0 saturated carbocycles. The molecule has 0 spiro atoms. The predicted molar refractivity (Wildman–Crippen MR) is 71.3 cm³/mol. The molecule has 1 heterocycles. The van der Waals surface area contributed by atoms with Crippen molar-refractivity contribution in [3.63, 3.8) is 0 Å². The summed E-state index contributed by atoms with van der Waals surface area (Å²) in [4.78, 5) is 13.4. The van der Waals surface area contributed by atoms with Gasteiger partial charge in [0.2, 0.25) is 0 Å². The molecule has 1 atom stereocenters. The molecule has 0 aromatic heterocycles. The average molecular weight is 283 g/mol. The van der Waals surface area contributed by atoms with Crippen LogP contribution in [0.25, 0.3) is 0 Å². The number of carbonyl (C=O) groups is 1. The van der Waals surface area contributed by atoms with Crippen LogP contribution in [0.1, 0.15) is 38.2 Å². The van der Waals surface area contributed by atoms with Crippen molar-refractivity contribution in [1.29, 1.82) is 0 Å². The first-order chi connectivity index (χ1) is 9.51. The van der Waals surface area contributed by atoms with Crippen molar-refractivity contribution in [3.8, 4) is 0 Å². The van der Waals surface area contributed by atoms with E-state index in [-0.39, 0.29) is 12.1 Å². The fourth-order valence-corrected chi connectivity index (χ4v) is 3.09. The summed E-state index contributed by atoms with van der Waals surface area (Å²) in [5, 5.41) is 9.56. The highest BCUT2D eigenvalue weighted by Crippen LogP contribution is 2.35. The van der Waals surface area contributed by atoms with Crippen LogP contribution < -0.4 is 0 Å². The van der Waals surface area contributed by atoms with Crippen LogP contribution in [0.4, 0.5) is 8.78 Å². The molecular weight excluding hydrogens is 264 g/mol. The Hall–Kier alpha value is -1.49. The van der Waals surface area contributed by atoms with Gasteiger partial charge in [0, 0.05) is 12.1 Å². The second kappa shape index (κ2) is 5.87. The predicted octanol–water partition coefficient (Wildman–Crippen LogP) is 3.18. The first-order valence-electron chi connectivity index (χ1n) is 6.92. The van der Waals surface area contributed by atoms with Gasteiger partial charge in [-0.2, -0.15) is 0 Å². The van der Waals surface area contributed by atoms with E-state index >= 15 is 0 Å². The second-order valence-electron chi connectivity index (χ2n) is 5.32. The van der Waals surface area contributed by atoms with E-state index in [1.54, 1.807) is 4.90 Å². The van der Waals surface area contributed by atoms with Gasteiger partial charge in [0.15, 0.2) is 11.6 Å². The smallest absolute Gasteiger partial charge is 0.324 e. The van der Waals surface area contributed by atoms with Gasteiger partial charge in [-0.05, 0) is 31.9 Å². The van der Waals surface area contributed by atoms with E-state index < -0.39 is 23.1 Å². The third-order valence-corrected chi connectivity index (χ3v) is 4.08. The van der Waals surface area contributed by atoms with E-state index in [1.165, 1.54) is 12.1 Å². The number of carboxylic acid groups (broad SMARTS) is 1. The Bertz CT molecular complexity index is 507. The lowest BCUT2D eigenvalue weighted by molar-refractivity contribution is -0.150. The number of likely N-dealkylation sites (tertiary alicyclic amines) is 1. The summed E-state index contributed by atoms with van der Waals surface area (Å²) < 4.78 is 27.0. The molecule has 1 fully saturated rings. The lowest BCUT2D eigenvalue weighted by atomic mass is 9.90. The SMILES string of the molecule is CCCC1(C(=O)O)CCCN1Cc1cccc(F)c1F. The van der Waals surface area contributed by atoms with Crippen molar-refractivity contribution >= 4 is 5.97 Å². The number of carboxylic acids is 1. The van der Waals surface area contributed by atoms with Gasteiger partial charge in [-0.1, -0.05) is 25.5 Å². The lowest BCUT2D eigenvalue weighted by Gasteiger charge is -2.34. The average Bonchev–Trinajstić information content (AvgIpc) is 2.80. The maximum atomic E-state index is 13.7. The molecule has 0 amide bonds. The van der Waals surface area contributed by atoms with Gasteiger partial charge in [0.25, 0.3) is 0 Å². The highest BCUT2D eigenvalue weighted by atomic mass is 19.2.